The minimum Gasteiger partial charge on any atom is -0.493 e. The van der Waals surface area contributed by atoms with Crippen LogP contribution in [-0.2, 0) is 0 Å². The molecule has 0 aliphatic rings. The van der Waals surface area contributed by atoms with E-state index < -0.39 is 0 Å². The highest BCUT2D eigenvalue weighted by Crippen LogP contribution is 2.40. The Morgan fingerprint density at radius 3 is 2.39 bits per heavy atom. The molecule has 0 fully saturated rings. The number of methoxy groups -OCH3 is 1. The Morgan fingerprint density at radius 1 is 0.786 bits per heavy atom. The van der Waals surface area contributed by atoms with Gasteiger partial charge in [0.05, 0.1) is 12.5 Å². The number of rotatable bonds is 3. The van der Waals surface area contributed by atoms with Crippen molar-refractivity contribution in [2.45, 2.75) is 6.92 Å². The molecule has 0 unspecified atom stereocenters. The van der Waals surface area contributed by atoms with E-state index in [1.807, 2.05) is 36.5 Å². The number of fused-ring (bicyclic) bond motifs is 3. The molecule has 0 amide bonds. The Hall–Kier alpha value is -3.59. The number of benzene rings is 3. The summed E-state index contributed by atoms with van der Waals surface area (Å²) in [5.74, 6) is 0.713. The van der Waals surface area contributed by atoms with Crippen LogP contribution >= 0.6 is 0 Å². The quantitative estimate of drug-likeness (QED) is 0.360. The Labute approximate surface area is 163 Å². The summed E-state index contributed by atoms with van der Waals surface area (Å²) in [6.45, 7) is 2.09. The van der Waals surface area contributed by atoms with Crippen molar-refractivity contribution < 1.29 is 9.15 Å². The van der Waals surface area contributed by atoms with Gasteiger partial charge >= 0.3 is 0 Å². The summed E-state index contributed by atoms with van der Waals surface area (Å²) in [6, 6.07) is 24.8. The first kappa shape index (κ1) is 16.6. The van der Waals surface area contributed by atoms with E-state index in [0.29, 0.717) is 5.75 Å². The fraction of sp³-hybridized carbons (Fsp3) is 0.0800. The van der Waals surface area contributed by atoms with Crippen LogP contribution in [0.2, 0.25) is 0 Å². The highest BCUT2D eigenvalue weighted by Gasteiger charge is 2.18. The summed E-state index contributed by atoms with van der Waals surface area (Å²) in [5, 5.41) is 0.961. The maximum atomic E-state index is 6.30. The SMILES string of the molecule is COc1cc(-c2ccccc2)cc2c1oc1c(-c3cccc(C)c3)ccnc12. The minimum atomic E-state index is 0.713. The second-order valence-corrected chi connectivity index (χ2v) is 6.93. The molecule has 0 N–H and O–H groups in total. The van der Waals surface area contributed by atoms with Crippen molar-refractivity contribution in [1.82, 2.24) is 4.98 Å². The average Bonchev–Trinajstić information content (AvgIpc) is 3.12. The Bertz CT molecular complexity index is 1300. The number of aromatic nitrogens is 1. The van der Waals surface area contributed by atoms with Crippen LogP contribution in [0.25, 0.3) is 44.3 Å². The normalized spacial score (nSPS) is 11.2. The summed E-state index contributed by atoms with van der Waals surface area (Å²) >= 11 is 0. The number of pyridine rings is 1. The van der Waals surface area contributed by atoms with Crippen molar-refractivity contribution >= 4 is 22.1 Å². The fourth-order valence-corrected chi connectivity index (χ4v) is 3.72. The third-order valence-electron chi connectivity index (χ3n) is 5.07. The maximum Gasteiger partial charge on any atom is 0.178 e. The van der Waals surface area contributed by atoms with Crippen molar-refractivity contribution in [2.24, 2.45) is 0 Å². The summed E-state index contributed by atoms with van der Waals surface area (Å²) < 4.78 is 12.0. The topological polar surface area (TPSA) is 35.3 Å². The van der Waals surface area contributed by atoms with Gasteiger partial charge in [0.2, 0.25) is 0 Å². The van der Waals surface area contributed by atoms with Crippen molar-refractivity contribution in [2.75, 3.05) is 7.11 Å². The van der Waals surface area contributed by atoms with Crippen LogP contribution in [0.1, 0.15) is 5.56 Å². The second kappa shape index (κ2) is 6.54. The van der Waals surface area contributed by atoms with Crippen LogP contribution in [0.15, 0.2) is 83.4 Å². The van der Waals surface area contributed by atoms with Gasteiger partial charge in [0, 0.05) is 11.8 Å². The van der Waals surface area contributed by atoms with Crippen molar-refractivity contribution in [3.8, 4) is 28.0 Å². The molecule has 0 aliphatic heterocycles. The number of hydrogen-bond donors (Lipinski definition) is 0. The van der Waals surface area contributed by atoms with Crippen LogP contribution in [-0.4, -0.2) is 12.1 Å². The Kier molecular flexibility index (Phi) is 3.87. The van der Waals surface area contributed by atoms with E-state index in [2.05, 4.69) is 54.4 Å². The van der Waals surface area contributed by atoms with Crippen LogP contribution in [0.4, 0.5) is 0 Å². The predicted octanol–water partition coefficient (Wildman–Crippen LogP) is 6.63. The number of ether oxygens (including phenoxy) is 1. The Balaban J connectivity index is 1.82. The smallest absolute Gasteiger partial charge is 0.178 e. The van der Waals surface area contributed by atoms with Crippen molar-refractivity contribution in [1.29, 1.82) is 0 Å². The van der Waals surface area contributed by atoms with Gasteiger partial charge in [0.25, 0.3) is 0 Å². The number of nitrogens with zero attached hydrogens (tertiary/aromatic N) is 1. The summed E-state index contributed by atoms with van der Waals surface area (Å²) in [5.41, 5.74) is 7.94. The van der Waals surface area contributed by atoms with Gasteiger partial charge in [-0.05, 0) is 41.8 Å². The van der Waals surface area contributed by atoms with Crippen LogP contribution in [0.5, 0.6) is 5.75 Å². The zero-order valence-electron chi connectivity index (χ0n) is 15.8. The first-order valence-electron chi connectivity index (χ1n) is 9.26. The maximum absolute atomic E-state index is 6.30. The van der Waals surface area contributed by atoms with E-state index in [0.717, 1.165) is 44.3 Å². The number of hydrogen-bond acceptors (Lipinski definition) is 3. The van der Waals surface area contributed by atoms with E-state index in [1.165, 1.54) is 5.56 Å². The molecule has 136 valence electrons. The fourth-order valence-electron chi connectivity index (χ4n) is 3.72. The first-order chi connectivity index (χ1) is 13.7. The first-order valence-corrected chi connectivity index (χ1v) is 9.26. The van der Waals surface area contributed by atoms with Crippen LogP contribution < -0.4 is 4.74 Å². The van der Waals surface area contributed by atoms with Gasteiger partial charge in [-0.3, -0.25) is 4.98 Å². The van der Waals surface area contributed by atoms with Gasteiger partial charge in [-0.15, -0.1) is 0 Å². The van der Waals surface area contributed by atoms with Gasteiger partial charge in [-0.1, -0.05) is 60.2 Å². The lowest BCUT2D eigenvalue weighted by atomic mass is 10.0. The van der Waals surface area contributed by atoms with Crippen molar-refractivity contribution in [3.63, 3.8) is 0 Å². The molecule has 3 nitrogen and oxygen atoms in total. The molecule has 0 aliphatic carbocycles. The van der Waals surface area contributed by atoms with Gasteiger partial charge in [0.15, 0.2) is 16.9 Å². The van der Waals surface area contributed by atoms with E-state index in [1.54, 1.807) is 7.11 Å². The standard InChI is InChI=1S/C25H19NO2/c1-16-7-6-10-18(13-16)20-11-12-26-23-21-14-19(17-8-4-3-5-9-17)15-22(27-2)24(21)28-25(20)23/h3-15H,1-2H3. The molecule has 3 heteroatoms. The molecule has 2 aromatic heterocycles. The van der Waals surface area contributed by atoms with Crippen LogP contribution in [0, 0.1) is 6.92 Å². The molecule has 0 saturated carbocycles. The Morgan fingerprint density at radius 2 is 1.61 bits per heavy atom. The molecule has 0 spiro atoms. The molecule has 5 rings (SSSR count). The monoisotopic (exact) mass is 365 g/mol. The largest absolute Gasteiger partial charge is 0.493 e. The lowest BCUT2D eigenvalue weighted by molar-refractivity contribution is 0.412. The number of furan rings is 1. The van der Waals surface area contributed by atoms with Gasteiger partial charge in [-0.2, -0.15) is 0 Å². The molecule has 2 heterocycles. The molecule has 5 aromatic rings. The van der Waals surface area contributed by atoms with Gasteiger partial charge in [-0.25, -0.2) is 0 Å². The highest BCUT2D eigenvalue weighted by molar-refractivity contribution is 6.10. The third-order valence-corrected chi connectivity index (χ3v) is 5.07. The van der Waals surface area contributed by atoms with Crippen molar-refractivity contribution in [3.05, 3.63) is 84.6 Å². The lowest BCUT2D eigenvalue weighted by Gasteiger charge is -2.06. The molecule has 28 heavy (non-hydrogen) atoms. The molecular formula is C25H19NO2. The molecule has 0 bridgehead atoms. The molecular weight excluding hydrogens is 346 g/mol. The summed E-state index contributed by atoms with van der Waals surface area (Å²) in [7, 11) is 1.67. The van der Waals surface area contributed by atoms with Crippen LogP contribution in [0.3, 0.4) is 0 Å². The lowest BCUT2D eigenvalue weighted by Crippen LogP contribution is -1.86. The molecule has 3 aromatic carbocycles. The molecule has 0 radical (unpaired) electrons. The van der Waals surface area contributed by atoms with Gasteiger partial charge in [0.1, 0.15) is 5.52 Å². The zero-order chi connectivity index (χ0) is 19.1. The third kappa shape index (κ3) is 2.64. The average molecular weight is 365 g/mol. The predicted molar refractivity (Wildman–Crippen MR) is 114 cm³/mol. The number of aryl methyl sites for hydroxylation is 1. The van der Waals surface area contributed by atoms with E-state index in [4.69, 9.17) is 9.15 Å². The van der Waals surface area contributed by atoms with E-state index in [9.17, 15) is 0 Å². The van der Waals surface area contributed by atoms with E-state index in [-0.39, 0.29) is 0 Å². The van der Waals surface area contributed by atoms with Gasteiger partial charge < -0.3 is 9.15 Å². The highest BCUT2D eigenvalue weighted by atomic mass is 16.5. The van der Waals surface area contributed by atoms with E-state index >= 15 is 0 Å². The summed E-state index contributed by atoms with van der Waals surface area (Å²) in [4.78, 5) is 4.64. The second-order valence-electron chi connectivity index (χ2n) is 6.93. The molecule has 0 atom stereocenters. The minimum absolute atomic E-state index is 0.713. The summed E-state index contributed by atoms with van der Waals surface area (Å²) in [6.07, 6.45) is 1.84. The molecule has 0 saturated heterocycles. The zero-order valence-corrected chi connectivity index (χ0v) is 15.8.